The molecule has 2 aromatic rings. The van der Waals surface area contributed by atoms with E-state index in [4.69, 9.17) is 11.6 Å². The summed E-state index contributed by atoms with van der Waals surface area (Å²) in [5.41, 5.74) is 1.98. The molecular formula is C17H19BrClN3O. The van der Waals surface area contributed by atoms with Crippen molar-refractivity contribution < 1.29 is 4.79 Å². The number of hydrogen-bond donors (Lipinski definition) is 0. The number of pyridine rings is 1. The molecule has 1 fully saturated rings. The van der Waals surface area contributed by atoms with E-state index in [1.807, 2.05) is 30.3 Å². The summed E-state index contributed by atoms with van der Waals surface area (Å²) in [7, 11) is 1.89. The lowest BCUT2D eigenvalue weighted by Crippen LogP contribution is -2.45. The van der Waals surface area contributed by atoms with Gasteiger partial charge in [0.05, 0.1) is 10.5 Å². The Kier molecular flexibility index (Phi) is 4.78. The maximum atomic E-state index is 11.5. The van der Waals surface area contributed by atoms with Crippen molar-refractivity contribution in [3.05, 3.63) is 33.9 Å². The molecule has 2 heterocycles. The van der Waals surface area contributed by atoms with Crippen LogP contribution in [0.15, 0.2) is 28.9 Å². The number of hydrogen-bond acceptors (Lipinski definition) is 3. The fraction of sp³-hybridized carbons (Fsp3) is 0.412. The van der Waals surface area contributed by atoms with Gasteiger partial charge in [0.15, 0.2) is 0 Å². The van der Waals surface area contributed by atoms with Gasteiger partial charge in [-0.05, 0) is 31.0 Å². The van der Waals surface area contributed by atoms with Crippen LogP contribution < -0.4 is 4.90 Å². The predicted molar refractivity (Wildman–Crippen MR) is 98.1 cm³/mol. The first-order valence-electron chi connectivity index (χ1n) is 7.69. The van der Waals surface area contributed by atoms with Crippen LogP contribution in [0.1, 0.15) is 19.8 Å². The number of halogens is 2. The standard InChI is InChI=1S/C17H19BrClN3O/c1-11(23)21(2)13-4-7-22(8-5-13)16-3-6-20-17-14(16)9-12(18)10-15(17)19/h3,6,9-10,13H,4-5,7-8H2,1-2H3. The smallest absolute Gasteiger partial charge is 0.219 e. The Morgan fingerprint density at radius 3 is 2.74 bits per heavy atom. The van der Waals surface area contributed by atoms with Crippen LogP contribution in [0.3, 0.4) is 0 Å². The van der Waals surface area contributed by atoms with Gasteiger partial charge in [0.2, 0.25) is 5.91 Å². The van der Waals surface area contributed by atoms with Crippen molar-refractivity contribution in [3.63, 3.8) is 0 Å². The van der Waals surface area contributed by atoms with E-state index in [0.29, 0.717) is 11.1 Å². The zero-order valence-corrected chi connectivity index (χ0v) is 15.6. The van der Waals surface area contributed by atoms with Crippen LogP contribution in [-0.4, -0.2) is 42.0 Å². The summed E-state index contributed by atoms with van der Waals surface area (Å²) in [5, 5.41) is 1.72. The highest BCUT2D eigenvalue weighted by atomic mass is 79.9. The molecule has 0 saturated carbocycles. The van der Waals surface area contributed by atoms with Crippen molar-refractivity contribution in [1.82, 2.24) is 9.88 Å². The van der Waals surface area contributed by atoms with Crippen molar-refractivity contribution >= 4 is 50.0 Å². The Balaban J connectivity index is 1.87. The van der Waals surface area contributed by atoms with E-state index in [1.54, 1.807) is 6.92 Å². The number of carbonyl (C=O) groups is 1. The van der Waals surface area contributed by atoms with E-state index < -0.39 is 0 Å². The number of piperidine rings is 1. The highest BCUT2D eigenvalue weighted by Gasteiger charge is 2.25. The van der Waals surface area contributed by atoms with Gasteiger partial charge in [-0.25, -0.2) is 0 Å². The molecule has 0 aliphatic carbocycles. The maximum Gasteiger partial charge on any atom is 0.219 e. The fourth-order valence-corrected chi connectivity index (χ4v) is 4.05. The van der Waals surface area contributed by atoms with E-state index in [0.717, 1.165) is 47.0 Å². The lowest BCUT2D eigenvalue weighted by Gasteiger charge is -2.37. The molecule has 23 heavy (non-hydrogen) atoms. The maximum absolute atomic E-state index is 11.5. The normalized spacial score (nSPS) is 15.9. The lowest BCUT2D eigenvalue weighted by molar-refractivity contribution is -0.129. The average Bonchev–Trinajstić information content (AvgIpc) is 2.53. The topological polar surface area (TPSA) is 36.4 Å². The Morgan fingerprint density at radius 1 is 1.39 bits per heavy atom. The van der Waals surface area contributed by atoms with Crippen LogP contribution in [0.5, 0.6) is 0 Å². The Hall–Kier alpha value is -1.33. The lowest BCUT2D eigenvalue weighted by atomic mass is 10.0. The van der Waals surface area contributed by atoms with Crippen LogP contribution in [0.25, 0.3) is 10.9 Å². The van der Waals surface area contributed by atoms with Crippen LogP contribution in [0.4, 0.5) is 5.69 Å². The zero-order chi connectivity index (χ0) is 16.6. The monoisotopic (exact) mass is 395 g/mol. The van der Waals surface area contributed by atoms with Gasteiger partial charge in [-0.3, -0.25) is 9.78 Å². The van der Waals surface area contributed by atoms with Gasteiger partial charge in [-0.1, -0.05) is 27.5 Å². The summed E-state index contributed by atoms with van der Waals surface area (Å²) in [4.78, 5) is 20.2. The minimum absolute atomic E-state index is 0.133. The Morgan fingerprint density at radius 2 is 2.09 bits per heavy atom. The number of aromatic nitrogens is 1. The van der Waals surface area contributed by atoms with Crippen molar-refractivity contribution in [1.29, 1.82) is 0 Å². The van der Waals surface area contributed by atoms with Gasteiger partial charge in [0, 0.05) is 54.8 Å². The number of benzene rings is 1. The Labute approximate surface area is 149 Å². The summed E-state index contributed by atoms with van der Waals surface area (Å²) < 4.78 is 0.954. The second-order valence-electron chi connectivity index (χ2n) is 5.96. The molecule has 0 atom stereocenters. The molecule has 0 spiro atoms. The van der Waals surface area contributed by atoms with Crippen LogP contribution in [0.2, 0.25) is 5.02 Å². The zero-order valence-electron chi connectivity index (χ0n) is 13.2. The highest BCUT2D eigenvalue weighted by molar-refractivity contribution is 9.10. The Bertz CT molecular complexity index is 744. The largest absolute Gasteiger partial charge is 0.371 e. The summed E-state index contributed by atoms with van der Waals surface area (Å²) in [6.45, 7) is 3.47. The van der Waals surface area contributed by atoms with E-state index in [1.165, 1.54) is 0 Å². The predicted octanol–water partition coefficient (Wildman–Crippen LogP) is 4.10. The van der Waals surface area contributed by atoms with Crippen LogP contribution in [0, 0.1) is 0 Å². The number of nitrogens with zero attached hydrogens (tertiary/aromatic N) is 3. The minimum atomic E-state index is 0.133. The van der Waals surface area contributed by atoms with Crippen LogP contribution >= 0.6 is 27.5 Å². The second-order valence-corrected chi connectivity index (χ2v) is 7.28. The third-order valence-electron chi connectivity index (χ3n) is 4.59. The van der Waals surface area contributed by atoms with Crippen molar-refractivity contribution in [3.8, 4) is 0 Å². The molecule has 4 nitrogen and oxygen atoms in total. The van der Waals surface area contributed by atoms with Gasteiger partial charge in [-0.2, -0.15) is 0 Å². The van der Waals surface area contributed by atoms with Gasteiger partial charge in [-0.15, -0.1) is 0 Å². The molecule has 0 radical (unpaired) electrons. The fourth-order valence-electron chi connectivity index (χ4n) is 3.19. The van der Waals surface area contributed by atoms with Crippen molar-refractivity contribution in [2.75, 3.05) is 25.0 Å². The van der Waals surface area contributed by atoms with Gasteiger partial charge in [0.25, 0.3) is 0 Å². The highest BCUT2D eigenvalue weighted by Crippen LogP contribution is 2.34. The average molecular weight is 397 g/mol. The molecule has 1 saturated heterocycles. The first-order valence-corrected chi connectivity index (χ1v) is 8.86. The quantitative estimate of drug-likeness (QED) is 0.767. The van der Waals surface area contributed by atoms with Crippen molar-refractivity contribution in [2.45, 2.75) is 25.8 Å². The molecule has 122 valence electrons. The molecule has 1 aliphatic heterocycles. The van der Waals surface area contributed by atoms with E-state index in [2.05, 4.69) is 31.9 Å². The first kappa shape index (κ1) is 16.5. The van der Waals surface area contributed by atoms with E-state index in [9.17, 15) is 4.79 Å². The summed E-state index contributed by atoms with van der Waals surface area (Å²) in [6.07, 6.45) is 3.76. The van der Waals surface area contributed by atoms with Gasteiger partial charge >= 0.3 is 0 Å². The van der Waals surface area contributed by atoms with Crippen LogP contribution in [-0.2, 0) is 4.79 Å². The number of amides is 1. The molecule has 3 rings (SSSR count). The minimum Gasteiger partial charge on any atom is -0.371 e. The van der Waals surface area contributed by atoms with E-state index in [-0.39, 0.29) is 5.91 Å². The number of anilines is 1. The third kappa shape index (κ3) is 3.31. The molecule has 1 aliphatic rings. The molecule has 6 heteroatoms. The molecule has 0 unspecified atom stereocenters. The second kappa shape index (κ2) is 6.65. The third-order valence-corrected chi connectivity index (χ3v) is 5.34. The molecule has 0 N–H and O–H groups in total. The number of carbonyl (C=O) groups excluding carboxylic acids is 1. The van der Waals surface area contributed by atoms with Gasteiger partial charge < -0.3 is 9.80 Å². The number of rotatable bonds is 2. The molecule has 1 aromatic carbocycles. The molecular weight excluding hydrogens is 378 g/mol. The van der Waals surface area contributed by atoms with Crippen molar-refractivity contribution in [2.24, 2.45) is 0 Å². The SMILES string of the molecule is CC(=O)N(C)C1CCN(c2ccnc3c(Cl)cc(Br)cc23)CC1. The van der Waals surface area contributed by atoms with E-state index >= 15 is 0 Å². The number of fused-ring (bicyclic) bond motifs is 1. The molecule has 0 bridgehead atoms. The first-order chi connectivity index (χ1) is 11.0. The molecule has 1 aromatic heterocycles. The summed E-state index contributed by atoms with van der Waals surface area (Å²) >= 11 is 9.83. The van der Waals surface area contributed by atoms with Gasteiger partial charge in [0.1, 0.15) is 0 Å². The molecule has 1 amide bonds. The summed E-state index contributed by atoms with van der Waals surface area (Å²) in [6, 6.07) is 6.30. The summed E-state index contributed by atoms with van der Waals surface area (Å²) in [5.74, 6) is 0.133.